The van der Waals surface area contributed by atoms with Crippen molar-refractivity contribution >= 4 is 17.9 Å². The Morgan fingerprint density at radius 3 is 0.829 bits per heavy atom. The first-order chi connectivity index (χ1) is 34.5. The van der Waals surface area contributed by atoms with Crippen LogP contribution in [0.4, 0.5) is 0 Å². The molecule has 6 heteroatoms. The van der Waals surface area contributed by atoms with Crippen molar-refractivity contribution in [1.29, 1.82) is 0 Å². The molecule has 0 N–H and O–H groups in total. The van der Waals surface area contributed by atoms with Gasteiger partial charge in [-0.15, -0.1) is 0 Å². The minimum absolute atomic E-state index is 0.0732. The monoisotopic (exact) mass is 983 g/mol. The second-order valence-electron chi connectivity index (χ2n) is 21.0. The Morgan fingerprint density at radius 1 is 0.286 bits per heavy atom. The third-order valence-corrected chi connectivity index (χ3v) is 13.9. The molecule has 0 aromatic heterocycles. The Kier molecular flexibility index (Phi) is 57.2. The molecule has 0 aliphatic heterocycles. The molecule has 1 atom stereocenters. The molecule has 410 valence electrons. The number of ether oxygens (including phenoxy) is 3. The molecule has 0 bridgehead atoms. The number of allylic oxidation sites excluding steroid dienone is 6. The second-order valence-corrected chi connectivity index (χ2v) is 21.0. The summed E-state index contributed by atoms with van der Waals surface area (Å²) in [5.74, 6) is -0.865. The number of carbonyl (C=O) groups excluding carboxylic acids is 3. The molecule has 0 amide bonds. The summed E-state index contributed by atoms with van der Waals surface area (Å²) in [6.45, 7) is 6.65. The number of esters is 3. The fraction of sp³-hybridized carbons (Fsp3) is 0.859. The van der Waals surface area contributed by atoms with Gasteiger partial charge in [-0.2, -0.15) is 0 Å². The van der Waals surface area contributed by atoms with E-state index in [1.165, 1.54) is 225 Å². The van der Waals surface area contributed by atoms with Gasteiger partial charge in [0.25, 0.3) is 0 Å². The van der Waals surface area contributed by atoms with Crippen molar-refractivity contribution in [3.63, 3.8) is 0 Å². The van der Waals surface area contributed by atoms with Gasteiger partial charge in [0, 0.05) is 19.3 Å². The van der Waals surface area contributed by atoms with Crippen LogP contribution in [-0.2, 0) is 28.6 Å². The third-order valence-electron chi connectivity index (χ3n) is 13.9. The van der Waals surface area contributed by atoms with Gasteiger partial charge < -0.3 is 14.2 Å². The van der Waals surface area contributed by atoms with Gasteiger partial charge >= 0.3 is 17.9 Å². The number of hydrogen-bond acceptors (Lipinski definition) is 6. The van der Waals surface area contributed by atoms with Crippen LogP contribution in [0.3, 0.4) is 0 Å². The predicted octanol–water partition coefficient (Wildman–Crippen LogP) is 20.8. The maximum absolute atomic E-state index is 12.9. The zero-order valence-corrected chi connectivity index (χ0v) is 47.1. The summed E-state index contributed by atoms with van der Waals surface area (Å²) in [5.41, 5.74) is 0. The summed E-state index contributed by atoms with van der Waals surface area (Å²) < 4.78 is 16.9. The van der Waals surface area contributed by atoms with E-state index in [4.69, 9.17) is 14.2 Å². The van der Waals surface area contributed by atoms with Crippen molar-refractivity contribution in [2.75, 3.05) is 13.2 Å². The Balaban J connectivity index is 4.29. The van der Waals surface area contributed by atoms with Gasteiger partial charge in [0.2, 0.25) is 0 Å². The summed E-state index contributed by atoms with van der Waals surface area (Å²) in [7, 11) is 0. The molecule has 0 aromatic carbocycles. The lowest BCUT2D eigenvalue weighted by molar-refractivity contribution is -0.167. The number of hydrogen-bond donors (Lipinski definition) is 0. The maximum Gasteiger partial charge on any atom is 0.306 e. The highest BCUT2D eigenvalue weighted by Gasteiger charge is 2.19. The van der Waals surface area contributed by atoms with Gasteiger partial charge in [-0.05, 0) is 77.0 Å². The molecular formula is C64H118O6. The molecule has 0 rings (SSSR count). The van der Waals surface area contributed by atoms with Gasteiger partial charge in [0.1, 0.15) is 13.2 Å². The zero-order chi connectivity index (χ0) is 50.7. The van der Waals surface area contributed by atoms with E-state index in [1.807, 2.05) is 0 Å². The molecule has 70 heavy (non-hydrogen) atoms. The molecule has 0 aliphatic carbocycles. The van der Waals surface area contributed by atoms with Crippen LogP contribution in [-0.4, -0.2) is 37.2 Å². The molecule has 0 saturated heterocycles. The van der Waals surface area contributed by atoms with Crippen LogP contribution < -0.4 is 0 Å². The highest BCUT2D eigenvalue weighted by atomic mass is 16.6. The summed E-state index contributed by atoms with van der Waals surface area (Å²) in [6, 6.07) is 0. The molecule has 0 saturated carbocycles. The van der Waals surface area contributed by atoms with Crippen molar-refractivity contribution in [1.82, 2.24) is 0 Å². The molecule has 0 radical (unpaired) electrons. The molecule has 1 unspecified atom stereocenters. The number of unbranched alkanes of at least 4 members (excludes halogenated alkanes) is 40. The van der Waals surface area contributed by atoms with Crippen LogP contribution in [0.25, 0.3) is 0 Å². The average molecular weight is 984 g/mol. The summed E-state index contributed by atoms with van der Waals surface area (Å²) in [6.07, 6.45) is 71.4. The van der Waals surface area contributed by atoms with Crippen LogP contribution in [0.5, 0.6) is 0 Å². The van der Waals surface area contributed by atoms with E-state index < -0.39 is 6.10 Å². The van der Waals surface area contributed by atoms with Crippen LogP contribution in [0.15, 0.2) is 36.5 Å². The van der Waals surface area contributed by atoms with Crippen molar-refractivity contribution in [2.24, 2.45) is 0 Å². The fourth-order valence-electron chi connectivity index (χ4n) is 9.18. The molecular weight excluding hydrogens is 865 g/mol. The van der Waals surface area contributed by atoms with E-state index in [-0.39, 0.29) is 31.1 Å². The molecule has 0 aromatic rings. The highest BCUT2D eigenvalue weighted by Crippen LogP contribution is 2.17. The van der Waals surface area contributed by atoms with Crippen molar-refractivity contribution in [2.45, 2.75) is 341 Å². The Labute approximate surface area is 435 Å². The van der Waals surface area contributed by atoms with Crippen molar-refractivity contribution in [3.8, 4) is 0 Å². The molecule has 0 aliphatic rings. The van der Waals surface area contributed by atoms with Crippen LogP contribution in [0, 0.1) is 0 Å². The largest absolute Gasteiger partial charge is 0.462 e. The minimum atomic E-state index is -0.774. The molecule has 0 heterocycles. The normalized spacial score (nSPS) is 12.2. The lowest BCUT2D eigenvalue weighted by atomic mass is 10.0. The number of carbonyl (C=O) groups is 3. The third kappa shape index (κ3) is 56.5. The standard InChI is InChI=1S/C64H118O6/c1-4-7-10-13-16-19-22-25-27-29-31-32-34-35-37-39-42-45-48-51-54-57-63(66)69-60-61(59-68-62(65)56-53-50-47-44-41-24-21-18-15-12-9-6-3)70-64(67)58-55-52-49-46-43-40-38-36-33-30-28-26-23-20-17-14-11-8-5-2/h18,21-22,25,29,31,61H,4-17,19-20,23-24,26-28,30,32-60H2,1-3H3/b21-18-,25-22-,31-29-. The quantitative estimate of drug-likeness (QED) is 0.0261. The first kappa shape index (κ1) is 67.6. The van der Waals surface area contributed by atoms with Crippen molar-refractivity contribution in [3.05, 3.63) is 36.5 Å². The van der Waals surface area contributed by atoms with Crippen molar-refractivity contribution < 1.29 is 28.6 Å². The van der Waals surface area contributed by atoms with E-state index in [2.05, 4.69) is 57.2 Å². The predicted molar refractivity (Wildman–Crippen MR) is 302 cm³/mol. The first-order valence-electron chi connectivity index (χ1n) is 31.0. The molecule has 6 nitrogen and oxygen atoms in total. The van der Waals surface area contributed by atoms with Gasteiger partial charge in [-0.3, -0.25) is 14.4 Å². The Bertz CT molecular complexity index is 1170. The van der Waals surface area contributed by atoms with Gasteiger partial charge in [0.05, 0.1) is 0 Å². The topological polar surface area (TPSA) is 78.9 Å². The Hall–Kier alpha value is -2.37. The van der Waals surface area contributed by atoms with Crippen LogP contribution >= 0.6 is 0 Å². The van der Waals surface area contributed by atoms with Crippen LogP contribution in [0.1, 0.15) is 335 Å². The van der Waals surface area contributed by atoms with E-state index in [0.29, 0.717) is 19.3 Å². The van der Waals surface area contributed by atoms with E-state index >= 15 is 0 Å². The molecule has 0 spiro atoms. The Morgan fingerprint density at radius 2 is 0.514 bits per heavy atom. The maximum atomic E-state index is 12.9. The SMILES string of the molecule is CCCCC/C=C\CCCCCCCC(=O)OCC(COC(=O)CCCCCCCCCCC/C=C\C/C=C\CCCCCCC)OC(=O)CCCCCCCCCCCCCCCCCCCCC. The minimum Gasteiger partial charge on any atom is -0.462 e. The summed E-state index contributed by atoms with van der Waals surface area (Å²) in [4.78, 5) is 38.2. The fourth-order valence-corrected chi connectivity index (χ4v) is 9.18. The van der Waals surface area contributed by atoms with E-state index in [1.54, 1.807) is 0 Å². The lowest BCUT2D eigenvalue weighted by Gasteiger charge is -2.18. The van der Waals surface area contributed by atoms with Gasteiger partial charge in [-0.1, -0.05) is 276 Å². The van der Waals surface area contributed by atoms with Crippen LogP contribution in [0.2, 0.25) is 0 Å². The van der Waals surface area contributed by atoms with E-state index in [9.17, 15) is 14.4 Å². The number of rotatable bonds is 57. The molecule has 0 fully saturated rings. The average Bonchev–Trinajstić information content (AvgIpc) is 3.36. The summed E-state index contributed by atoms with van der Waals surface area (Å²) >= 11 is 0. The zero-order valence-electron chi connectivity index (χ0n) is 47.1. The smallest absolute Gasteiger partial charge is 0.306 e. The lowest BCUT2D eigenvalue weighted by Crippen LogP contribution is -2.30. The second kappa shape index (κ2) is 59.2. The van der Waals surface area contributed by atoms with Gasteiger partial charge in [0.15, 0.2) is 6.10 Å². The highest BCUT2D eigenvalue weighted by molar-refractivity contribution is 5.71. The summed E-state index contributed by atoms with van der Waals surface area (Å²) in [5, 5.41) is 0. The van der Waals surface area contributed by atoms with Gasteiger partial charge in [-0.25, -0.2) is 0 Å². The van der Waals surface area contributed by atoms with E-state index in [0.717, 1.165) is 70.6 Å². The first-order valence-corrected chi connectivity index (χ1v) is 31.0.